The van der Waals surface area contributed by atoms with Gasteiger partial charge in [-0.25, -0.2) is 0 Å². The van der Waals surface area contributed by atoms with Crippen molar-refractivity contribution in [3.63, 3.8) is 0 Å². The molecule has 2 aliphatic heterocycles. The Hall–Kier alpha value is -4.34. The van der Waals surface area contributed by atoms with Gasteiger partial charge in [0.2, 0.25) is 5.91 Å². The number of carbonyl (C=O) groups is 3. The molecule has 1 spiro atoms. The standard InChI is InChI=1S/C31H31F3N4O3/c1-22-8-5-6-13-26(22)28(40)36-16-14-30(15-17-36)29(41)37(21-38(30)25-11-3-2-4-12-25)20-27(39)35-19-23-9-7-10-24(18-23)31(32,33)34/h2-13,18H,14-17,19-21H2,1H3,(H,35,39). The average Bonchev–Trinajstić information content (AvgIpc) is 3.22. The van der Waals surface area contributed by atoms with Gasteiger partial charge in [-0.2, -0.15) is 13.2 Å². The first-order valence-corrected chi connectivity index (χ1v) is 13.5. The molecule has 214 valence electrons. The van der Waals surface area contributed by atoms with E-state index in [1.54, 1.807) is 11.0 Å². The molecule has 2 heterocycles. The number of hydrogen-bond acceptors (Lipinski definition) is 4. The largest absolute Gasteiger partial charge is 0.416 e. The van der Waals surface area contributed by atoms with Crippen molar-refractivity contribution < 1.29 is 27.6 Å². The first-order valence-electron chi connectivity index (χ1n) is 13.5. The molecule has 0 unspecified atom stereocenters. The van der Waals surface area contributed by atoms with Crippen LogP contribution in [-0.4, -0.2) is 59.4 Å². The summed E-state index contributed by atoms with van der Waals surface area (Å²) in [6.45, 7) is 2.54. The van der Waals surface area contributed by atoms with Crippen LogP contribution in [0, 0.1) is 6.92 Å². The molecule has 3 amide bonds. The zero-order chi connectivity index (χ0) is 29.2. The first kappa shape index (κ1) is 28.2. The van der Waals surface area contributed by atoms with Crippen LogP contribution in [0.2, 0.25) is 0 Å². The van der Waals surface area contributed by atoms with Crippen molar-refractivity contribution >= 4 is 23.4 Å². The lowest BCUT2D eigenvalue weighted by molar-refractivity contribution is -0.138. The van der Waals surface area contributed by atoms with Crippen molar-refractivity contribution in [2.45, 2.75) is 38.0 Å². The fourth-order valence-electron chi connectivity index (χ4n) is 5.67. The molecule has 0 aliphatic carbocycles. The van der Waals surface area contributed by atoms with Gasteiger partial charge in [0.15, 0.2) is 0 Å². The highest BCUT2D eigenvalue weighted by atomic mass is 19.4. The molecule has 0 aromatic heterocycles. The predicted octanol–water partition coefficient (Wildman–Crippen LogP) is 4.61. The van der Waals surface area contributed by atoms with E-state index in [0.29, 0.717) is 37.1 Å². The molecule has 2 aliphatic rings. The molecule has 7 nitrogen and oxygen atoms in total. The Labute approximate surface area is 236 Å². The highest BCUT2D eigenvalue weighted by molar-refractivity contribution is 5.98. The number of anilines is 1. The zero-order valence-corrected chi connectivity index (χ0v) is 22.7. The molecule has 10 heteroatoms. The van der Waals surface area contributed by atoms with Gasteiger partial charge in [-0.1, -0.05) is 48.5 Å². The van der Waals surface area contributed by atoms with Gasteiger partial charge in [0.25, 0.3) is 11.8 Å². The number of hydrogen-bond donors (Lipinski definition) is 1. The van der Waals surface area contributed by atoms with Crippen LogP contribution >= 0.6 is 0 Å². The highest BCUT2D eigenvalue weighted by Gasteiger charge is 2.54. The molecule has 2 fully saturated rings. The van der Waals surface area contributed by atoms with Crippen LogP contribution < -0.4 is 10.2 Å². The third kappa shape index (κ3) is 5.77. The van der Waals surface area contributed by atoms with E-state index in [1.807, 2.05) is 60.4 Å². The number of alkyl halides is 3. The number of para-hydroxylation sites is 1. The Morgan fingerprint density at radius 3 is 2.29 bits per heavy atom. The van der Waals surface area contributed by atoms with Gasteiger partial charge in [0.05, 0.1) is 12.2 Å². The third-order valence-corrected chi connectivity index (χ3v) is 7.91. The second kappa shape index (κ2) is 11.3. The van der Waals surface area contributed by atoms with E-state index in [2.05, 4.69) is 5.32 Å². The van der Waals surface area contributed by atoms with Gasteiger partial charge in [-0.05, 0) is 61.2 Å². The maximum absolute atomic E-state index is 13.9. The summed E-state index contributed by atoms with van der Waals surface area (Å²) in [5.74, 6) is -0.730. The van der Waals surface area contributed by atoms with Crippen LogP contribution in [0.15, 0.2) is 78.9 Å². The van der Waals surface area contributed by atoms with E-state index in [1.165, 1.54) is 17.0 Å². The Morgan fingerprint density at radius 2 is 1.61 bits per heavy atom. The lowest BCUT2D eigenvalue weighted by atomic mass is 9.85. The SMILES string of the molecule is Cc1ccccc1C(=O)N1CCC2(CC1)C(=O)N(CC(=O)NCc1cccc(C(F)(F)F)c1)CN2c1ccccc1. The Morgan fingerprint density at radius 1 is 0.927 bits per heavy atom. The minimum Gasteiger partial charge on any atom is -0.350 e. The highest BCUT2D eigenvalue weighted by Crippen LogP contribution is 2.39. The molecule has 41 heavy (non-hydrogen) atoms. The number of piperidine rings is 1. The van der Waals surface area contributed by atoms with Crippen LogP contribution in [0.4, 0.5) is 18.9 Å². The number of carbonyl (C=O) groups excluding carboxylic acids is 3. The van der Waals surface area contributed by atoms with Crippen LogP contribution in [0.25, 0.3) is 0 Å². The van der Waals surface area contributed by atoms with Crippen molar-refractivity contribution in [3.05, 3.63) is 101 Å². The number of likely N-dealkylation sites (tertiary alicyclic amines) is 1. The van der Waals surface area contributed by atoms with Crippen molar-refractivity contribution in [1.82, 2.24) is 15.1 Å². The Kier molecular flexibility index (Phi) is 7.75. The normalized spacial score (nSPS) is 16.8. The van der Waals surface area contributed by atoms with Crippen molar-refractivity contribution in [2.24, 2.45) is 0 Å². The second-order valence-electron chi connectivity index (χ2n) is 10.5. The van der Waals surface area contributed by atoms with E-state index in [9.17, 15) is 27.6 Å². The minimum atomic E-state index is -4.47. The molecule has 0 radical (unpaired) electrons. The predicted molar refractivity (Wildman–Crippen MR) is 148 cm³/mol. The summed E-state index contributed by atoms with van der Waals surface area (Å²) in [6, 6.07) is 21.7. The van der Waals surface area contributed by atoms with Crippen LogP contribution in [0.1, 0.15) is 39.9 Å². The van der Waals surface area contributed by atoms with Gasteiger partial charge in [0, 0.05) is 30.9 Å². The lowest BCUT2D eigenvalue weighted by Gasteiger charge is -2.43. The summed E-state index contributed by atoms with van der Waals surface area (Å²) in [4.78, 5) is 45.2. The van der Waals surface area contributed by atoms with Crippen molar-refractivity contribution in [2.75, 3.05) is 31.2 Å². The number of nitrogens with one attached hydrogen (secondary N) is 1. The first-order chi connectivity index (χ1) is 19.6. The Bertz CT molecular complexity index is 1440. The molecular formula is C31H31F3N4O3. The van der Waals surface area contributed by atoms with E-state index < -0.39 is 23.2 Å². The zero-order valence-electron chi connectivity index (χ0n) is 22.7. The molecule has 1 N–H and O–H groups in total. The maximum Gasteiger partial charge on any atom is 0.416 e. The number of amides is 3. The van der Waals surface area contributed by atoms with Crippen LogP contribution in [0.3, 0.4) is 0 Å². The monoisotopic (exact) mass is 564 g/mol. The molecule has 2 saturated heterocycles. The number of benzene rings is 3. The third-order valence-electron chi connectivity index (χ3n) is 7.91. The van der Waals surface area contributed by atoms with Crippen molar-refractivity contribution in [1.29, 1.82) is 0 Å². The summed E-state index contributed by atoms with van der Waals surface area (Å²) in [6.07, 6.45) is -3.67. The lowest BCUT2D eigenvalue weighted by Crippen LogP contribution is -2.57. The van der Waals surface area contributed by atoms with Gasteiger partial charge >= 0.3 is 6.18 Å². The van der Waals surface area contributed by atoms with E-state index in [0.717, 1.165) is 23.4 Å². The molecule has 0 atom stereocenters. The van der Waals surface area contributed by atoms with Gasteiger partial charge in [-0.15, -0.1) is 0 Å². The summed E-state index contributed by atoms with van der Waals surface area (Å²) >= 11 is 0. The number of nitrogens with zero attached hydrogens (tertiary/aromatic N) is 3. The average molecular weight is 565 g/mol. The van der Waals surface area contributed by atoms with Crippen LogP contribution in [-0.2, 0) is 22.3 Å². The molecule has 3 aromatic rings. The number of halogens is 3. The van der Waals surface area contributed by atoms with Gasteiger partial charge in [0.1, 0.15) is 12.1 Å². The minimum absolute atomic E-state index is 0.0690. The summed E-state index contributed by atoms with van der Waals surface area (Å²) < 4.78 is 39.1. The summed E-state index contributed by atoms with van der Waals surface area (Å²) in [5.41, 5.74) is 0.987. The summed E-state index contributed by atoms with van der Waals surface area (Å²) in [5, 5.41) is 2.64. The smallest absolute Gasteiger partial charge is 0.350 e. The molecular weight excluding hydrogens is 533 g/mol. The summed E-state index contributed by atoms with van der Waals surface area (Å²) in [7, 11) is 0. The Balaban J connectivity index is 1.29. The number of rotatable bonds is 6. The van der Waals surface area contributed by atoms with Gasteiger partial charge in [-0.3, -0.25) is 14.4 Å². The topological polar surface area (TPSA) is 73.0 Å². The maximum atomic E-state index is 13.9. The van der Waals surface area contributed by atoms with E-state index in [4.69, 9.17) is 0 Å². The second-order valence-corrected chi connectivity index (χ2v) is 10.5. The van der Waals surface area contributed by atoms with Crippen molar-refractivity contribution in [3.8, 4) is 0 Å². The van der Waals surface area contributed by atoms with Crippen LogP contribution in [0.5, 0.6) is 0 Å². The van der Waals surface area contributed by atoms with E-state index >= 15 is 0 Å². The number of aryl methyl sites for hydroxylation is 1. The fourth-order valence-corrected chi connectivity index (χ4v) is 5.67. The fraction of sp³-hybridized carbons (Fsp3) is 0.323. The molecule has 0 saturated carbocycles. The quantitative estimate of drug-likeness (QED) is 0.475. The molecule has 0 bridgehead atoms. The molecule has 3 aromatic carbocycles. The van der Waals surface area contributed by atoms with E-state index in [-0.39, 0.29) is 31.6 Å². The molecule has 5 rings (SSSR count). The van der Waals surface area contributed by atoms with Gasteiger partial charge < -0.3 is 20.0 Å².